The summed E-state index contributed by atoms with van der Waals surface area (Å²) in [5.74, 6) is -0.167. The van der Waals surface area contributed by atoms with E-state index in [1.165, 1.54) is 22.8 Å². The number of rotatable bonds is 5. The normalized spacial score (nSPS) is 12.4. The number of aryl methyl sites for hydroxylation is 2. The van der Waals surface area contributed by atoms with Crippen LogP contribution >= 0.6 is 0 Å². The molecule has 0 bridgehead atoms. The molecule has 106 valence electrons. The van der Waals surface area contributed by atoms with Crippen LogP contribution in [0.2, 0.25) is 0 Å². The van der Waals surface area contributed by atoms with E-state index in [9.17, 15) is 4.39 Å². The zero-order valence-electron chi connectivity index (χ0n) is 12.4. The Bertz CT molecular complexity index is 560. The molecule has 2 aromatic carbocycles. The first-order valence-corrected chi connectivity index (χ1v) is 7.15. The Morgan fingerprint density at radius 1 is 1.10 bits per heavy atom. The van der Waals surface area contributed by atoms with Gasteiger partial charge in [0.05, 0.1) is 0 Å². The molecule has 0 amide bonds. The first-order chi connectivity index (χ1) is 9.63. The highest BCUT2D eigenvalue weighted by atomic mass is 19.1. The number of benzene rings is 2. The minimum atomic E-state index is -0.167. The largest absolute Gasteiger partial charge is 0.313 e. The Kier molecular flexibility index (Phi) is 4.91. The third kappa shape index (κ3) is 3.45. The summed E-state index contributed by atoms with van der Waals surface area (Å²) in [6.07, 6.45) is 1.93. The summed E-state index contributed by atoms with van der Waals surface area (Å²) >= 11 is 0. The van der Waals surface area contributed by atoms with Crippen molar-refractivity contribution in [3.63, 3.8) is 0 Å². The maximum absolute atomic E-state index is 13.2. The van der Waals surface area contributed by atoms with Crippen molar-refractivity contribution in [2.24, 2.45) is 0 Å². The topological polar surface area (TPSA) is 12.0 Å². The molecule has 0 aromatic heterocycles. The van der Waals surface area contributed by atoms with Crippen LogP contribution in [-0.4, -0.2) is 7.05 Å². The summed E-state index contributed by atoms with van der Waals surface area (Å²) in [4.78, 5) is 0. The summed E-state index contributed by atoms with van der Waals surface area (Å²) < 4.78 is 13.2. The number of hydrogen-bond donors (Lipinski definition) is 1. The summed E-state index contributed by atoms with van der Waals surface area (Å²) in [6, 6.07) is 14.0. The molecular formula is C18H22FN. The molecule has 0 saturated heterocycles. The van der Waals surface area contributed by atoms with Crippen LogP contribution in [0.15, 0.2) is 42.5 Å². The van der Waals surface area contributed by atoms with E-state index in [4.69, 9.17) is 0 Å². The van der Waals surface area contributed by atoms with E-state index in [0.717, 1.165) is 18.4 Å². The lowest BCUT2D eigenvalue weighted by Crippen LogP contribution is -2.19. The van der Waals surface area contributed by atoms with E-state index >= 15 is 0 Å². The number of halogens is 1. The quantitative estimate of drug-likeness (QED) is 0.859. The highest BCUT2D eigenvalue weighted by Crippen LogP contribution is 2.21. The van der Waals surface area contributed by atoms with Crippen molar-refractivity contribution in [2.75, 3.05) is 7.05 Å². The molecule has 20 heavy (non-hydrogen) atoms. The first-order valence-electron chi connectivity index (χ1n) is 7.15. The van der Waals surface area contributed by atoms with Gasteiger partial charge in [0.2, 0.25) is 0 Å². The lowest BCUT2D eigenvalue weighted by atomic mass is 9.95. The lowest BCUT2D eigenvalue weighted by molar-refractivity contribution is 0.586. The van der Waals surface area contributed by atoms with Gasteiger partial charge in [0.1, 0.15) is 5.82 Å². The molecule has 1 atom stereocenters. The van der Waals surface area contributed by atoms with Crippen LogP contribution in [0.25, 0.3) is 0 Å². The predicted octanol–water partition coefficient (Wildman–Crippen LogP) is 4.20. The zero-order chi connectivity index (χ0) is 14.5. The fourth-order valence-corrected chi connectivity index (χ4v) is 2.48. The highest BCUT2D eigenvalue weighted by Gasteiger charge is 2.11. The van der Waals surface area contributed by atoms with Gasteiger partial charge < -0.3 is 5.32 Å². The lowest BCUT2D eigenvalue weighted by Gasteiger charge is -2.18. The minimum absolute atomic E-state index is 0.167. The SMILES string of the molecule is CCc1ccc(C(Cc2ccc(F)cc2C)NC)cc1. The van der Waals surface area contributed by atoms with Gasteiger partial charge in [0.15, 0.2) is 0 Å². The van der Waals surface area contributed by atoms with E-state index in [1.807, 2.05) is 20.0 Å². The molecule has 2 heteroatoms. The van der Waals surface area contributed by atoms with E-state index in [0.29, 0.717) is 0 Å². The van der Waals surface area contributed by atoms with Crippen molar-refractivity contribution in [3.05, 3.63) is 70.5 Å². The summed E-state index contributed by atoms with van der Waals surface area (Å²) in [5, 5.41) is 3.35. The molecular weight excluding hydrogens is 249 g/mol. The maximum atomic E-state index is 13.2. The molecule has 0 fully saturated rings. The highest BCUT2D eigenvalue weighted by molar-refractivity contribution is 5.31. The van der Waals surface area contributed by atoms with Gasteiger partial charge in [-0.3, -0.25) is 0 Å². The number of hydrogen-bond acceptors (Lipinski definition) is 1. The molecule has 2 rings (SSSR count). The molecule has 0 heterocycles. The van der Waals surface area contributed by atoms with Crippen LogP contribution in [0.5, 0.6) is 0 Å². The van der Waals surface area contributed by atoms with Crippen molar-refractivity contribution in [3.8, 4) is 0 Å². The molecule has 1 unspecified atom stereocenters. The van der Waals surface area contributed by atoms with Crippen LogP contribution in [-0.2, 0) is 12.8 Å². The fraction of sp³-hybridized carbons (Fsp3) is 0.333. The zero-order valence-corrected chi connectivity index (χ0v) is 12.4. The number of nitrogens with one attached hydrogen (secondary N) is 1. The summed E-state index contributed by atoms with van der Waals surface area (Å²) in [5.41, 5.74) is 4.82. The van der Waals surface area contributed by atoms with Crippen LogP contribution in [0.3, 0.4) is 0 Å². The van der Waals surface area contributed by atoms with Crippen molar-refractivity contribution in [1.29, 1.82) is 0 Å². The van der Waals surface area contributed by atoms with E-state index in [1.54, 1.807) is 6.07 Å². The third-order valence-corrected chi connectivity index (χ3v) is 3.87. The summed E-state index contributed by atoms with van der Waals surface area (Å²) in [7, 11) is 1.97. The monoisotopic (exact) mass is 271 g/mol. The molecule has 1 nitrogen and oxygen atoms in total. The van der Waals surface area contributed by atoms with Gasteiger partial charge in [-0.15, -0.1) is 0 Å². The second-order valence-electron chi connectivity index (χ2n) is 5.21. The van der Waals surface area contributed by atoms with Gasteiger partial charge in [0, 0.05) is 6.04 Å². The molecule has 0 aliphatic rings. The van der Waals surface area contributed by atoms with Crippen LogP contribution in [0.4, 0.5) is 4.39 Å². The van der Waals surface area contributed by atoms with Gasteiger partial charge in [-0.2, -0.15) is 0 Å². The molecule has 1 N–H and O–H groups in total. The van der Waals surface area contributed by atoms with Crippen molar-refractivity contribution < 1.29 is 4.39 Å². The van der Waals surface area contributed by atoms with E-state index in [2.05, 4.69) is 36.5 Å². The molecule has 0 aliphatic carbocycles. The molecule has 0 radical (unpaired) electrons. The van der Waals surface area contributed by atoms with Crippen molar-refractivity contribution in [2.45, 2.75) is 32.7 Å². The first kappa shape index (κ1) is 14.7. The second-order valence-corrected chi connectivity index (χ2v) is 5.21. The molecule has 2 aromatic rings. The molecule has 0 saturated carbocycles. The Morgan fingerprint density at radius 2 is 1.80 bits per heavy atom. The van der Waals surface area contributed by atoms with Gasteiger partial charge in [-0.25, -0.2) is 4.39 Å². The molecule has 0 spiro atoms. The van der Waals surface area contributed by atoms with Gasteiger partial charge in [-0.1, -0.05) is 37.3 Å². The minimum Gasteiger partial charge on any atom is -0.313 e. The van der Waals surface area contributed by atoms with Gasteiger partial charge in [-0.05, 0) is 61.2 Å². The Hall–Kier alpha value is -1.67. The Morgan fingerprint density at radius 3 is 2.35 bits per heavy atom. The maximum Gasteiger partial charge on any atom is 0.123 e. The third-order valence-electron chi connectivity index (χ3n) is 3.87. The van der Waals surface area contributed by atoms with Gasteiger partial charge in [0.25, 0.3) is 0 Å². The summed E-state index contributed by atoms with van der Waals surface area (Å²) in [6.45, 7) is 4.12. The van der Waals surface area contributed by atoms with Crippen LogP contribution in [0, 0.1) is 12.7 Å². The van der Waals surface area contributed by atoms with Gasteiger partial charge >= 0.3 is 0 Å². The van der Waals surface area contributed by atoms with E-state index < -0.39 is 0 Å². The van der Waals surface area contributed by atoms with Crippen LogP contribution < -0.4 is 5.32 Å². The number of likely N-dealkylation sites (N-methyl/N-ethyl adjacent to an activating group) is 1. The average Bonchev–Trinajstić information content (AvgIpc) is 2.47. The average molecular weight is 271 g/mol. The van der Waals surface area contributed by atoms with E-state index in [-0.39, 0.29) is 11.9 Å². The molecule has 0 aliphatic heterocycles. The second kappa shape index (κ2) is 6.67. The van der Waals surface area contributed by atoms with Crippen LogP contribution in [0.1, 0.15) is 35.2 Å². The Balaban J connectivity index is 2.19. The van der Waals surface area contributed by atoms with Crippen molar-refractivity contribution in [1.82, 2.24) is 5.32 Å². The fourth-order valence-electron chi connectivity index (χ4n) is 2.48. The van der Waals surface area contributed by atoms with Crippen molar-refractivity contribution >= 4 is 0 Å². The predicted molar refractivity (Wildman–Crippen MR) is 82.5 cm³/mol. The smallest absolute Gasteiger partial charge is 0.123 e. The Labute approximate surface area is 120 Å². The standard InChI is InChI=1S/C18H22FN/c1-4-14-5-7-15(8-6-14)18(20-3)12-16-9-10-17(19)11-13(16)2/h5-11,18,20H,4,12H2,1-3H3.